The van der Waals surface area contributed by atoms with Crippen LogP contribution in [-0.4, -0.2) is 36.7 Å². The van der Waals surface area contributed by atoms with Crippen molar-refractivity contribution >= 4 is 34.2 Å². The third-order valence-electron chi connectivity index (χ3n) is 5.78. The SMILES string of the molecule is CCOC(=O)c1c(NC(=O)[C@@H]2[C@@H](C(=O)[O-])[C@@H]3CC[C@H]2O3)sc(C)c1-c1ccc(F)cc1. The van der Waals surface area contributed by atoms with Gasteiger partial charge in [0.15, 0.2) is 0 Å². The number of hydrogen-bond donors (Lipinski definition) is 1. The first-order valence-electron chi connectivity index (χ1n) is 10.1. The molecule has 4 atom stereocenters. The van der Waals surface area contributed by atoms with E-state index in [0.717, 1.165) is 4.88 Å². The van der Waals surface area contributed by atoms with Crippen molar-refractivity contribution in [1.29, 1.82) is 0 Å². The number of carbonyl (C=O) groups excluding carboxylic acids is 3. The molecule has 1 amide bonds. The number of carboxylic acids is 1. The van der Waals surface area contributed by atoms with Gasteiger partial charge >= 0.3 is 5.97 Å². The zero-order valence-electron chi connectivity index (χ0n) is 17.0. The second kappa shape index (κ2) is 8.39. The molecule has 7 nitrogen and oxygen atoms in total. The van der Waals surface area contributed by atoms with Crippen LogP contribution in [-0.2, 0) is 19.1 Å². The van der Waals surface area contributed by atoms with Crippen LogP contribution in [0.1, 0.15) is 35.0 Å². The summed E-state index contributed by atoms with van der Waals surface area (Å²) in [5.41, 5.74) is 1.31. The summed E-state index contributed by atoms with van der Waals surface area (Å²) >= 11 is 1.18. The third kappa shape index (κ3) is 3.83. The summed E-state index contributed by atoms with van der Waals surface area (Å²) in [5, 5.41) is 14.6. The number of esters is 1. The van der Waals surface area contributed by atoms with E-state index in [1.165, 1.54) is 23.5 Å². The zero-order chi connectivity index (χ0) is 22.3. The molecule has 31 heavy (non-hydrogen) atoms. The molecule has 0 aliphatic carbocycles. The number of fused-ring (bicyclic) bond motifs is 2. The Hall–Kier alpha value is -2.78. The fourth-order valence-corrected chi connectivity index (χ4v) is 5.57. The van der Waals surface area contributed by atoms with Crippen LogP contribution in [0.4, 0.5) is 9.39 Å². The van der Waals surface area contributed by atoms with Gasteiger partial charge in [-0.05, 0) is 44.4 Å². The summed E-state index contributed by atoms with van der Waals surface area (Å²) in [6.07, 6.45) is 0.155. The summed E-state index contributed by atoms with van der Waals surface area (Å²) in [5.74, 6) is -4.79. The Kier molecular flexibility index (Phi) is 5.81. The number of benzene rings is 1. The number of carboxylic acid groups (broad SMARTS) is 1. The van der Waals surface area contributed by atoms with Gasteiger partial charge in [0.05, 0.1) is 24.7 Å². The quantitative estimate of drug-likeness (QED) is 0.684. The molecule has 4 rings (SSSR count). The average molecular weight is 446 g/mol. The van der Waals surface area contributed by atoms with Gasteiger partial charge in [0.25, 0.3) is 0 Å². The standard InChI is InChI=1S/C22H22FNO6S/c1-3-29-22(28)18-15(11-4-6-12(23)7-5-11)10(2)31-20(18)24-19(25)16-13-8-9-14(30-13)17(16)21(26)27/h4-7,13-14,16-17H,3,8-9H2,1-2H3,(H,24,25)(H,26,27)/p-1/t13-,14+,16+,17+/m1/s1. The Balaban J connectivity index is 1.70. The van der Waals surface area contributed by atoms with Crippen molar-refractivity contribution in [1.82, 2.24) is 0 Å². The van der Waals surface area contributed by atoms with Crippen molar-refractivity contribution in [2.75, 3.05) is 11.9 Å². The molecule has 2 bridgehead atoms. The molecule has 164 valence electrons. The van der Waals surface area contributed by atoms with Crippen LogP contribution in [0.2, 0.25) is 0 Å². The van der Waals surface area contributed by atoms with E-state index >= 15 is 0 Å². The first kappa shape index (κ1) is 21.5. The van der Waals surface area contributed by atoms with Crippen molar-refractivity contribution in [2.45, 2.75) is 38.9 Å². The van der Waals surface area contributed by atoms with E-state index in [2.05, 4.69) is 5.32 Å². The smallest absolute Gasteiger partial charge is 0.341 e. The molecule has 2 aliphatic rings. The maximum atomic E-state index is 13.4. The first-order chi connectivity index (χ1) is 14.8. The molecule has 2 aromatic rings. The van der Waals surface area contributed by atoms with Crippen LogP contribution >= 0.6 is 11.3 Å². The van der Waals surface area contributed by atoms with Gasteiger partial charge < -0.3 is 24.7 Å². The van der Waals surface area contributed by atoms with Gasteiger partial charge in [0.1, 0.15) is 16.4 Å². The molecule has 1 aromatic carbocycles. The highest BCUT2D eigenvalue weighted by Gasteiger charge is 2.53. The number of anilines is 1. The highest BCUT2D eigenvalue weighted by molar-refractivity contribution is 7.17. The number of halogens is 1. The van der Waals surface area contributed by atoms with Crippen LogP contribution in [0.3, 0.4) is 0 Å². The third-order valence-corrected chi connectivity index (χ3v) is 6.80. The Morgan fingerprint density at radius 3 is 2.45 bits per heavy atom. The molecule has 1 aromatic heterocycles. The van der Waals surface area contributed by atoms with Gasteiger partial charge in [-0.25, -0.2) is 9.18 Å². The molecule has 2 fully saturated rings. The topological polar surface area (TPSA) is 105 Å². The minimum atomic E-state index is -1.31. The van der Waals surface area contributed by atoms with Crippen LogP contribution in [0.15, 0.2) is 24.3 Å². The Labute approximate surface area is 182 Å². The van der Waals surface area contributed by atoms with Gasteiger partial charge in [0, 0.05) is 22.3 Å². The predicted molar refractivity (Wildman–Crippen MR) is 109 cm³/mol. The lowest BCUT2D eigenvalue weighted by Crippen LogP contribution is -2.46. The maximum Gasteiger partial charge on any atom is 0.341 e. The van der Waals surface area contributed by atoms with E-state index in [4.69, 9.17) is 9.47 Å². The molecule has 2 saturated heterocycles. The van der Waals surface area contributed by atoms with E-state index in [1.807, 2.05) is 0 Å². The fraction of sp³-hybridized carbons (Fsp3) is 0.409. The van der Waals surface area contributed by atoms with Crippen molar-refractivity contribution < 1.29 is 33.4 Å². The molecule has 0 radical (unpaired) electrons. The number of thiophene rings is 1. The number of amides is 1. The van der Waals surface area contributed by atoms with E-state index in [-0.39, 0.29) is 17.2 Å². The normalized spacial score (nSPS) is 24.2. The molecule has 0 unspecified atom stereocenters. The zero-order valence-corrected chi connectivity index (χ0v) is 17.8. The van der Waals surface area contributed by atoms with Gasteiger partial charge in [-0.15, -0.1) is 11.3 Å². The predicted octanol–water partition coefficient (Wildman–Crippen LogP) is 2.52. The number of ether oxygens (including phenoxy) is 2. The molecule has 3 heterocycles. The number of rotatable bonds is 6. The summed E-state index contributed by atoms with van der Waals surface area (Å²) in [4.78, 5) is 38.2. The van der Waals surface area contributed by atoms with Crippen LogP contribution in [0, 0.1) is 24.6 Å². The Morgan fingerprint density at radius 2 is 1.84 bits per heavy atom. The summed E-state index contributed by atoms with van der Waals surface area (Å²) in [6.45, 7) is 3.59. The molecular formula is C22H21FNO6S-. The first-order valence-corrected chi connectivity index (χ1v) is 10.9. The van der Waals surface area contributed by atoms with Crippen molar-refractivity contribution in [3.8, 4) is 11.1 Å². The minimum absolute atomic E-state index is 0.136. The lowest BCUT2D eigenvalue weighted by molar-refractivity contribution is -0.313. The molecule has 0 saturated carbocycles. The number of carbonyl (C=O) groups is 3. The highest BCUT2D eigenvalue weighted by Crippen LogP contribution is 2.45. The van der Waals surface area contributed by atoms with Gasteiger partial charge in [-0.2, -0.15) is 0 Å². The monoisotopic (exact) mass is 446 g/mol. The Bertz CT molecular complexity index is 1030. The van der Waals surface area contributed by atoms with Crippen molar-refractivity contribution in [3.63, 3.8) is 0 Å². The largest absolute Gasteiger partial charge is 0.550 e. The Morgan fingerprint density at radius 1 is 1.19 bits per heavy atom. The number of aliphatic carboxylic acids is 1. The van der Waals surface area contributed by atoms with E-state index < -0.39 is 47.7 Å². The van der Waals surface area contributed by atoms with E-state index in [0.29, 0.717) is 24.0 Å². The second-order valence-corrected chi connectivity index (χ2v) is 8.84. The molecule has 0 spiro atoms. The number of nitrogens with one attached hydrogen (secondary N) is 1. The minimum Gasteiger partial charge on any atom is -0.550 e. The van der Waals surface area contributed by atoms with Gasteiger partial charge in [0.2, 0.25) is 5.91 Å². The lowest BCUT2D eigenvalue weighted by atomic mass is 9.78. The summed E-state index contributed by atoms with van der Waals surface area (Å²) in [6, 6.07) is 5.68. The second-order valence-electron chi connectivity index (χ2n) is 7.61. The lowest BCUT2D eigenvalue weighted by Gasteiger charge is -2.27. The van der Waals surface area contributed by atoms with E-state index in [1.54, 1.807) is 26.0 Å². The van der Waals surface area contributed by atoms with Crippen molar-refractivity contribution in [3.05, 3.63) is 40.5 Å². The number of aryl methyl sites for hydroxylation is 1. The molecule has 2 aliphatic heterocycles. The number of hydrogen-bond acceptors (Lipinski definition) is 7. The molecular weight excluding hydrogens is 425 g/mol. The average Bonchev–Trinajstić information content (AvgIpc) is 3.41. The van der Waals surface area contributed by atoms with Crippen molar-refractivity contribution in [2.24, 2.45) is 11.8 Å². The maximum absolute atomic E-state index is 13.4. The highest BCUT2D eigenvalue weighted by atomic mass is 32.1. The summed E-state index contributed by atoms with van der Waals surface area (Å²) < 4.78 is 24.2. The molecule has 1 N–H and O–H groups in total. The van der Waals surface area contributed by atoms with Crippen LogP contribution in [0.25, 0.3) is 11.1 Å². The van der Waals surface area contributed by atoms with E-state index in [9.17, 15) is 23.9 Å². The van der Waals surface area contributed by atoms with Gasteiger partial charge in [-0.3, -0.25) is 4.79 Å². The van der Waals surface area contributed by atoms with Crippen LogP contribution < -0.4 is 10.4 Å². The van der Waals surface area contributed by atoms with Crippen LogP contribution in [0.5, 0.6) is 0 Å². The summed E-state index contributed by atoms with van der Waals surface area (Å²) in [7, 11) is 0. The molecule has 9 heteroatoms. The van der Waals surface area contributed by atoms with Gasteiger partial charge in [-0.1, -0.05) is 12.1 Å². The fourth-order valence-electron chi connectivity index (χ4n) is 4.50.